The van der Waals surface area contributed by atoms with Gasteiger partial charge in [-0.2, -0.15) is 0 Å². The Labute approximate surface area is 163 Å². The van der Waals surface area contributed by atoms with Gasteiger partial charge in [0.15, 0.2) is 0 Å². The first-order valence-corrected chi connectivity index (χ1v) is 9.76. The lowest BCUT2D eigenvalue weighted by Crippen LogP contribution is -2.58. The van der Waals surface area contributed by atoms with Gasteiger partial charge in [0, 0.05) is 39.3 Å². The molecular weight excluding hydrogens is 358 g/mol. The van der Waals surface area contributed by atoms with Gasteiger partial charge in [0.05, 0.1) is 6.04 Å². The summed E-state index contributed by atoms with van der Waals surface area (Å²) in [7, 11) is 0. The quantitative estimate of drug-likeness (QED) is 0.723. The standard InChI is InChI=1S/C19H25N7O2/c27-18(14-26-15-20-21-22-26)24-11-9-23(10-12-24)17-7-4-8-25(19(17)28)13-16-5-2-1-3-6-16/h1-3,5-6,15,17H,4,7-14H2. The first-order chi connectivity index (χ1) is 13.7. The van der Waals surface area contributed by atoms with Gasteiger partial charge in [-0.1, -0.05) is 30.3 Å². The van der Waals surface area contributed by atoms with Crippen molar-refractivity contribution in [2.75, 3.05) is 32.7 Å². The fourth-order valence-corrected chi connectivity index (χ4v) is 3.99. The van der Waals surface area contributed by atoms with Crippen LogP contribution in [0.1, 0.15) is 18.4 Å². The minimum Gasteiger partial charge on any atom is -0.339 e. The second-order valence-corrected chi connectivity index (χ2v) is 7.33. The Morgan fingerprint density at radius 1 is 1.07 bits per heavy atom. The van der Waals surface area contributed by atoms with Crippen LogP contribution in [0.5, 0.6) is 0 Å². The number of carbonyl (C=O) groups is 2. The molecule has 1 atom stereocenters. The maximum atomic E-state index is 13.0. The molecule has 1 unspecified atom stereocenters. The van der Waals surface area contributed by atoms with E-state index in [9.17, 15) is 9.59 Å². The summed E-state index contributed by atoms with van der Waals surface area (Å²) in [5.74, 6) is 0.219. The lowest BCUT2D eigenvalue weighted by atomic mass is 10.0. The number of carbonyl (C=O) groups excluding carboxylic acids is 2. The Hall–Kier alpha value is -2.81. The molecule has 9 heteroatoms. The number of tetrazole rings is 1. The third-order valence-electron chi connectivity index (χ3n) is 5.52. The van der Waals surface area contributed by atoms with Gasteiger partial charge in [-0.05, 0) is 28.8 Å². The Kier molecular flexibility index (Phi) is 5.61. The summed E-state index contributed by atoms with van der Waals surface area (Å²) in [5, 5.41) is 10.8. The van der Waals surface area contributed by atoms with E-state index in [2.05, 4.69) is 32.6 Å². The van der Waals surface area contributed by atoms with Crippen LogP contribution in [-0.4, -0.2) is 85.5 Å². The summed E-state index contributed by atoms with van der Waals surface area (Å²) >= 11 is 0. The van der Waals surface area contributed by atoms with Crippen molar-refractivity contribution in [3.8, 4) is 0 Å². The van der Waals surface area contributed by atoms with E-state index in [4.69, 9.17) is 0 Å². The number of piperidine rings is 1. The summed E-state index contributed by atoms with van der Waals surface area (Å²) in [6.07, 6.45) is 3.35. The largest absolute Gasteiger partial charge is 0.339 e. The maximum Gasteiger partial charge on any atom is 0.244 e. The number of likely N-dealkylation sites (tertiary alicyclic amines) is 1. The highest BCUT2D eigenvalue weighted by molar-refractivity contribution is 5.82. The van der Waals surface area contributed by atoms with Gasteiger partial charge in [0.25, 0.3) is 0 Å². The molecule has 3 heterocycles. The Bertz CT molecular complexity index is 788. The van der Waals surface area contributed by atoms with Crippen LogP contribution in [0.15, 0.2) is 36.7 Å². The molecule has 0 bridgehead atoms. The second-order valence-electron chi connectivity index (χ2n) is 7.33. The minimum atomic E-state index is -0.0748. The number of rotatable bonds is 5. The van der Waals surface area contributed by atoms with E-state index in [1.165, 1.54) is 11.0 Å². The van der Waals surface area contributed by atoms with Gasteiger partial charge in [0.2, 0.25) is 11.8 Å². The van der Waals surface area contributed by atoms with Gasteiger partial charge < -0.3 is 9.80 Å². The molecule has 1 aromatic heterocycles. The molecule has 2 saturated heterocycles. The number of amides is 2. The number of nitrogens with zero attached hydrogens (tertiary/aromatic N) is 7. The molecule has 0 N–H and O–H groups in total. The number of hydrogen-bond acceptors (Lipinski definition) is 6. The van der Waals surface area contributed by atoms with Crippen LogP contribution >= 0.6 is 0 Å². The molecule has 2 aliphatic rings. The van der Waals surface area contributed by atoms with Crippen molar-refractivity contribution in [1.29, 1.82) is 0 Å². The zero-order valence-corrected chi connectivity index (χ0v) is 15.9. The van der Waals surface area contributed by atoms with E-state index < -0.39 is 0 Å². The highest BCUT2D eigenvalue weighted by Crippen LogP contribution is 2.21. The smallest absolute Gasteiger partial charge is 0.244 e. The lowest BCUT2D eigenvalue weighted by molar-refractivity contribution is -0.143. The zero-order chi connectivity index (χ0) is 19.3. The number of benzene rings is 1. The molecule has 2 amide bonds. The number of piperazine rings is 1. The molecule has 0 aliphatic carbocycles. The summed E-state index contributed by atoms with van der Waals surface area (Å²) < 4.78 is 1.43. The number of aromatic nitrogens is 4. The Morgan fingerprint density at radius 3 is 2.57 bits per heavy atom. The van der Waals surface area contributed by atoms with Crippen molar-refractivity contribution in [1.82, 2.24) is 34.9 Å². The summed E-state index contributed by atoms with van der Waals surface area (Å²) in [6.45, 7) is 4.33. The zero-order valence-electron chi connectivity index (χ0n) is 15.9. The second kappa shape index (κ2) is 8.47. The monoisotopic (exact) mass is 383 g/mol. The van der Waals surface area contributed by atoms with Crippen molar-refractivity contribution >= 4 is 11.8 Å². The topological polar surface area (TPSA) is 87.5 Å². The van der Waals surface area contributed by atoms with Gasteiger partial charge in [-0.15, -0.1) is 5.10 Å². The summed E-state index contributed by atoms with van der Waals surface area (Å²) in [5.41, 5.74) is 1.16. The van der Waals surface area contributed by atoms with E-state index in [0.717, 1.165) is 38.0 Å². The Balaban J connectivity index is 1.31. The molecule has 148 valence electrons. The third-order valence-corrected chi connectivity index (χ3v) is 5.52. The van der Waals surface area contributed by atoms with Gasteiger partial charge in [0.1, 0.15) is 12.9 Å². The van der Waals surface area contributed by atoms with Gasteiger partial charge in [-0.25, -0.2) is 4.68 Å². The SMILES string of the molecule is O=C(Cn1cnnn1)N1CCN(C2CCCN(Cc3ccccc3)C2=O)CC1. The van der Waals surface area contributed by atoms with Crippen molar-refractivity contribution in [3.05, 3.63) is 42.2 Å². The van der Waals surface area contributed by atoms with Crippen LogP contribution < -0.4 is 0 Å². The van der Waals surface area contributed by atoms with E-state index >= 15 is 0 Å². The summed E-state index contributed by atoms with van der Waals surface area (Å²) in [6, 6.07) is 10.1. The molecule has 2 aliphatic heterocycles. The van der Waals surface area contributed by atoms with Crippen LogP contribution in [-0.2, 0) is 22.7 Å². The van der Waals surface area contributed by atoms with E-state index in [-0.39, 0.29) is 24.4 Å². The molecule has 0 spiro atoms. The normalized spacial score (nSPS) is 21.1. The van der Waals surface area contributed by atoms with Crippen molar-refractivity contribution in [2.24, 2.45) is 0 Å². The molecule has 9 nitrogen and oxygen atoms in total. The first kappa shape index (κ1) is 18.5. The molecule has 2 aromatic rings. The fourth-order valence-electron chi connectivity index (χ4n) is 3.99. The van der Waals surface area contributed by atoms with Crippen molar-refractivity contribution < 1.29 is 9.59 Å². The van der Waals surface area contributed by atoms with Crippen LogP contribution in [0.4, 0.5) is 0 Å². The van der Waals surface area contributed by atoms with Crippen LogP contribution in [0, 0.1) is 0 Å². The summed E-state index contributed by atoms with van der Waals surface area (Å²) in [4.78, 5) is 31.5. The van der Waals surface area contributed by atoms with E-state index in [1.807, 2.05) is 28.0 Å². The average Bonchev–Trinajstić information content (AvgIpc) is 3.24. The van der Waals surface area contributed by atoms with E-state index in [1.54, 1.807) is 0 Å². The molecule has 0 saturated carbocycles. The molecule has 0 radical (unpaired) electrons. The highest BCUT2D eigenvalue weighted by Gasteiger charge is 2.35. The average molecular weight is 383 g/mol. The Morgan fingerprint density at radius 2 is 1.86 bits per heavy atom. The van der Waals surface area contributed by atoms with Crippen molar-refractivity contribution in [2.45, 2.75) is 32.0 Å². The van der Waals surface area contributed by atoms with Gasteiger partial charge >= 0.3 is 0 Å². The molecule has 28 heavy (non-hydrogen) atoms. The maximum absolute atomic E-state index is 13.0. The third kappa shape index (κ3) is 4.19. The molecule has 1 aromatic carbocycles. The molecular formula is C19H25N7O2. The predicted molar refractivity (Wildman–Crippen MR) is 101 cm³/mol. The van der Waals surface area contributed by atoms with Crippen LogP contribution in [0.3, 0.4) is 0 Å². The lowest BCUT2D eigenvalue weighted by Gasteiger charge is -2.42. The van der Waals surface area contributed by atoms with Crippen LogP contribution in [0.2, 0.25) is 0 Å². The van der Waals surface area contributed by atoms with Gasteiger partial charge in [-0.3, -0.25) is 14.5 Å². The minimum absolute atomic E-state index is 0.00706. The van der Waals surface area contributed by atoms with Crippen molar-refractivity contribution in [3.63, 3.8) is 0 Å². The number of hydrogen-bond donors (Lipinski definition) is 0. The molecule has 4 rings (SSSR count). The van der Waals surface area contributed by atoms with E-state index in [0.29, 0.717) is 19.6 Å². The highest BCUT2D eigenvalue weighted by atomic mass is 16.2. The fraction of sp³-hybridized carbons (Fsp3) is 0.526. The first-order valence-electron chi connectivity index (χ1n) is 9.76. The molecule has 2 fully saturated rings. The predicted octanol–water partition coefficient (Wildman–Crippen LogP) is 0.00850. The van der Waals surface area contributed by atoms with Crippen LogP contribution in [0.25, 0.3) is 0 Å².